The van der Waals surface area contributed by atoms with Gasteiger partial charge in [-0.3, -0.25) is 0 Å². The quantitative estimate of drug-likeness (QED) is 0.784. The lowest BCUT2D eigenvalue weighted by atomic mass is 10.2. The summed E-state index contributed by atoms with van der Waals surface area (Å²) in [6.45, 7) is -0.168. The van der Waals surface area contributed by atoms with E-state index in [1.54, 1.807) is 0 Å². The third-order valence-electron chi connectivity index (χ3n) is 1.14. The van der Waals surface area contributed by atoms with Crippen molar-refractivity contribution in [1.29, 1.82) is 0 Å². The molecular weight excluding hydrogens is 213 g/mol. The van der Waals surface area contributed by atoms with Gasteiger partial charge in [-0.1, -0.05) is 0 Å². The molecule has 0 aliphatic carbocycles. The van der Waals surface area contributed by atoms with Crippen molar-refractivity contribution in [3.63, 3.8) is 0 Å². The summed E-state index contributed by atoms with van der Waals surface area (Å²) >= 11 is 0.768. The summed E-state index contributed by atoms with van der Waals surface area (Å²) in [6.07, 6.45) is -4.32. The van der Waals surface area contributed by atoms with Crippen molar-refractivity contribution in [2.45, 2.75) is 12.7 Å². The molecular formula is C5H6ClF3N2S. The first-order valence-electron chi connectivity index (χ1n) is 2.76. The molecule has 70 valence electrons. The number of halogens is 4. The highest BCUT2D eigenvalue weighted by atomic mass is 35.5. The van der Waals surface area contributed by atoms with Crippen molar-refractivity contribution in [2.24, 2.45) is 5.73 Å². The van der Waals surface area contributed by atoms with E-state index in [0.29, 0.717) is 0 Å². The van der Waals surface area contributed by atoms with Crippen LogP contribution in [0.4, 0.5) is 13.2 Å². The number of rotatable bonds is 1. The van der Waals surface area contributed by atoms with Gasteiger partial charge < -0.3 is 5.73 Å². The second-order valence-corrected chi connectivity index (χ2v) is 2.51. The molecule has 7 heteroatoms. The van der Waals surface area contributed by atoms with Crippen LogP contribution in [0.5, 0.6) is 0 Å². The van der Waals surface area contributed by atoms with Gasteiger partial charge in [0.25, 0.3) is 0 Å². The van der Waals surface area contributed by atoms with Crippen molar-refractivity contribution in [3.8, 4) is 0 Å². The lowest BCUT2D eigenvalue weighted by Gasteiger charge is -2.03. The van der Waals surface area contributed by atoms with Crippen LogP contribution in [-0.2, 0) is 12.7 Å². The first kappa shape index (κ1) is 11.7. The molecule has 0 saturated heterocycles. The van der Waals surface area contributed by atoms with Gasteiger partial charge in [-0.25, -0.2) is 0 Å². The normalized spacial score (nSPS) is 11.0. The lowest BCUT2D eigenvalue weighted by molar-refractivity contribution is -0.138. The average Bonchev–Trinajstić information content (AvgIpc) is 2.31. The smallest absolute Gasteiger partial charge is 0.325 e. The Labute approximate surface area is 77.2 Å². The fraction of sp³-hybridized carbons (Fsp3) is 0.400. The van der Waals surface area contributed by atoms with Crippen LogP contribution in [0, 0.1) is 0 Å². The highest BCUT2D eigenvalue weighted by Gasteiger charge is 2.34. The molecule has 0 aromatic carbocycles. The predicted octanol–water partition coefficient (Wildman–Crippen LogP) is 2.04. The molecule has 0 aliphatic rings. The van der Waals surface area contributed by atoms with Gasteiger partial charge in [0.15, 0.2) is 0 Å². The monoisotopic (exact) mass is 218 g/mol. The van der Waals surface area contributed by atoms with E-state index in [1.165, 1.54) is 0 Å². The maximum absolute atomic E-state index is 12.0. The SMILES string of the molecule is Cl.NCc1nscc1C(F)(F)F. The van der Waals surface area contributed by atoms with Crippen molar-refractivity contribution >= 4 is 23.9 Å². The summed E-state index contributed by atoms with van der Waals surface area (Å²) in [7, 11) is 0. The minimum atomic E-state index is -4.32. The van der Waals surface area contributed by atoms with E-state index in [1.807, 2.05) is 0 Å². The van der Waals surface area contributed by atoms with Crippen LogP contribution >= 0.6 is 23.9 Å². The van der Waals surface area contributed by atoms with Crippen LogP contribution in [0.2, 0.25) is 0 Å². The van der Waals surface area contributed by atoms with Gasteiger partial charge >= 0.3 is 6.18 Å². The van der Waals surface area contributed by atoms with Crippen LogP contribution in [0.1, 0.15) is 11.3 Å². The van der Waals surface area contributed by atoms with Crippen LogP contribution in [0.3, 0.4) is 0 Å². The zero-order chi connectivity index (χ0) is 8.48. The number of nitrogens with zero attached hydrogens (tertiary/aromatic N) is 1. The Kier molecular flexibility index (Phi) is 3.95. The van der Waals surface area contributed by atoms with Gasteiger partial charge in [0.05, 0.1) is 11.3 Å². The molecule has 0 aliphatic heterocycles. The molecule has 1 aromatic rings. The largest absolute Gasteiger partial charge is 0.419 e. The molecule has 0 spiro atoms. The lowest BCUT2D eigenvalue weighted by Crippen LogP contribution is -2.09. The maximum Gasteiger partial charge on any atom is 0.419 e. The molecule has 0 fully saturated rings. The molecule has 1 heterocycles. The van der Waals surface area contributed by atoms with E-state index in [2.05, 4.69) is 4.37 Å². The van der Waals surface area contributed by atoms with E-state index in [-0.39, 0.29) is 24.6 Å². The summed E-state index contributed by atoms with van der Waals surface area (Å²) in [5.74, 6) is 0. The van der Waals surface area contributed by atoms with Crippen LogP contribution < -0.4 is 5.73 Å². The Morgan fingerprint density at radius 2 is 2.08 bits per heavy atom. The Hall–Kier alpha value is -0.330. The molecule has 0 bridgehead atoms. The summed E-state index contributed by atoms with van der Waals surface area (Å²) in [6, 6.07) is 0. The third kappa shape index (κ3) is 2.33. The van der Waals surface area contributed by atoms with E-state index >= 15 is 0 Å². The Bertz CT molecular complexity index is 247. The summed E-state index contributed by atoms with van der Waals surface area (Å²) in [4.78, 5) is 0. The van der Waals surface area contributed by atoms with Crippen LogP contribution in [0.25, 0.3) is 0 Å². The van der Waals surface area contributed by atoms with Gasteiger partial charge in [0.2, 0.25) is 0 Å². The minimum absolute atomic E-state index is 0. The minimum Gasteiger partial charge on any atom is -0.325 e. The molecule has 2 nitrogen and oxygen atoms in total. The highest BCUT2D eigenvalue weighted by Crippen LogP contribution is 2.32. The first-order valence-corrected chi connectivity index (χ1v) is 3.60. The molecule has 1 aromatic heterocycles. The molecule has 0 atom stereocenters. The number of alkyl halides is 3. The van der Waals surface area contributed by atoms with Gasteiger partial charge in [-0.05, 0) is 11.5 Å². The van der Waals surface area contributed by atoms with Crippen molar-refractivity contribution in [2.75, 3.05) is 0 Å². The molecule has 1 rings (SSSR count). The van der Waals surface area contributed by atoms with Crippen LogP contribution in [0.15, 0.2) is 5.38 Å². The van der Waals surface area contributed by atoms with Crippen molar-refractivity contribution in [1.82, 2.24) is 4.37 Å². The molecule has 0 unspecified atom stereocenters. The van der Waals surface area contributed by atoms with E-state index in [9.17, 15) is 13.2 Å². The fourth-order valence-corrected chi connectivity index (χ4v) is 1.37. The topological polar surface area (TPSA) is 38.9 Å². The molecule has 2 N–H and O–H groups in total. The number of nitrogens with two attached hydrogens (primary N) is 1. The molecule has 0 amide bonds. The van der Waals surface area contributed by atoms with E-state index in [0.717, 1.165) is 16.9 Å². The van der Waals surface area contributed by atoms with Gasteiger partial charge in [0, 0.05) is 11.9 Å². The van der Waals surface area contributed by atoms with Crippen LogP contribution in [-0.4, -0.2) is 4.37 Å². The van der Waals surface area contributed by atoms with E-state index < -0.39 is 11.7 Å². The highest BCUT2D eigenvalue weighted by molar-refractivity contribution is 7.03. The number of hydrogen-bond donors (Lipinski definition) is 1. The second kappa shape index (κ2) is 4.06. The van der Waals surface area contributed by atoms with Crippen molar-refractivity contribution in [3.05, 3.63) is 16.6 Å². The van der Waals surface area contributed by atoms with Gasteiger partial charge in [-0.15, -0.1) is 12.4 Å². The molecule has 12 heavy (non-hydrogen) atoms. The zero-order valence-electron chi connectivity index (χ0n) is 5.76. The van der Waals surface area contributed by atoms with Gasteiger partial charge in [-0.2, -0.15) is 17.5 Å². The Balaban J connectivity index is 0.00000121. The molecule has 0 saturated carbocycles. The maximum atomic E-state index is 12.0. The van der Waals surface area contributed by atoms with E-state index in [4.69, 9.17) is 5.73 Å². The summed E-state index contributed by atoms with van der Waals surface area (Å²) < 4.78 is 39.4. The standard InChI is InChI=1S/C5H5F3N2S.ClH/c6-5(7,8)3-2-11-10-4(3)1-9;/h2H,1,9H2;1H. The number of aromatic nitrogens is 1. The fourth-order valence-electron chi connectivity index (χ4n) is 0.638. The first-order chi connectivity index (χ1) is 5.05. The Morgan fingerprint density at radius 3 is 2.42 bits per heavy atom. The number of hydrogen-bond acceptors (Lipinski definition) is 3. The third-order valence-corrected chi connectivity index (χ3v) is 1.81. The molecule has 0 radical (unpaired) electrons. The van der Waals surface area contributed by atoms with Crippen molar-refractivity contribution < 1.29 is 13.2 Å². The zero-order valence-corrected chi connectivity index (χ0v) is 7.39. The Morgan fingerprint density at radius 1 is 1.50 bits per heavy atom. The second-order valence-electron chi connectivity index (χ2n) is 1.88. The summed E-state index contributed by atoms with van der Waals surface area (Å²) in [5, 5.41) is 0.961. The van der Waals surface area contributed by atoms with Gasteiger partial charge in [0.1, 0.15) is 0 Å². The average molecular weight is 219 g/mol. The summed E-state index contributed by atoms with van der Waals surface area (Å²) in [5.41, 5.74) is 4.24. The predicted molar refractivity (Wildman–Crippen MR) is 42.3 cm³/mol.